The number of rotatable bonds is 9. The lowest BCUT2D eigenvalue weighted by Gasteiger charge is -2.44. The second kappa shape index (κ2) is 19.7. The van der Waals surface area contributed by atoms with Gasteiger partial charge in [0.25, 0.3) is 0 Å². The molecule has 5 atom stereocenters. The fourth-order valence-corrected chi connectivity index (χ4v) is 4.46. The van der Waals surface area contributed by atoms with E-state index in [1.165, 1.54) is 27.7 Å². The van der Waals surface area contributed by atoms with Crippen molar-refractivity contribution in [3.63, 3.8) is 0 Å². The number of carbonyl (C=O) groups excluding carboxylic acids is 4. The number of esters is 4. The van der Waals surface area contributed by atoms with Crippen molar-refractivity contribution in [1.29, 1.82) is 0 Å². The van der Waals surface area contributed by atoms with Crippen molar-refractivity contribution in [2.75, 3.05) is 85.2 Å². The summed E-state index contributed by atoms with van der Waals surface area (Å²) in [6.07, 6.45) is -5.94. The number of carbonyl (C=O) groups is 4. The van der Waals surface area contributed by atoms with Gasteiger partial charge < -0.3 is 49.7 Å². The van der Waals surface area contributed by atoms with Gasteiger partial charge in [-0.25, -0.2) is 0 Å². The van der Waals surface area contributed by atoms with Gasteiger partial charge in [0.05, 0.1) is 6.61 Å². The molecule has 2 heterocycles. The summed E-state index contributed by atoms with van der Waals surface area (Å²) in [5, 5.41) is 13.6. The zero-order chi connectivity index (χ0) is 30.0. The van der Waals surface area contributed by atoms with Crippen LogP contribution >= 0.6 is 0 Å². The quantitative estimate of drug-likeness (QED) is 0.168. The third-order valence-electron chi connectivity index (χ3n) is 6.28. The van der Waals surface area contributed by atoms with Crippen LogP contribution in [0.4, 0.5) is 0 Å². The van der Waals surface area contributed by atoms with E-state index in [0.29, 0.717) is 6.54 Å². The molecule has 4 N–H and O–H groups in total. The Morgan fingerprint density at radius 1 is 0.659 bits per heavy atom. The highest BCUT2D eigenvalue weighted by Gasteiger charge is 2.52. The fourth-order valence-electron chi connectivity index (χ4n) is 4.46. The van der Waals surface area contributed by atoms with Crippen molar-refractivity contribution in [2.45, 2.75) is 58.4 Å². The van der Waals surface area contributed by atoms with Crippen molar-refractivity contribution in [3.8, 4) is 0 Å². The lowest BCUT2D eigenvalue weighted by atomic mass is 9.98. The van der Waals surface area contributed by atoms with Gasteiger partial charge in [0.2, 0.25) is 0 Å². The molecule has 2 rings (SSSR count). The summed E-state index contributed by atoms with van der Waals surface area (Å²) in [6.45, 7) is 13.7. The van der Waals surface area contributed by atoms with Crippen LogP contribution in [0.3, 0.4) is 0 Å². The number of nitrogens with zero attached hydrogens (tertiary/aromatic N) is 1. The van der Waals surface area contributed by atoms with Crippen LogP contribution in [0.2, 0.25) is 0 Å². The molecule has 15 nitrogen and oxygen atoms in total. The highest BCUT2D eigenvalue weighted by molar-refractivity contribution is 5.68. The first kappa shape index (κ1) is 34.8. The molecule has 2 fully saturated rings. The normalized spacial score (nSPS) is 27.5. The van der Waals surface area contributed by atoms with Gasteiger partial charge in [0, 0.05) is 99.7 Å². The van der Waals surface area contributed by atoms with E-state index in [-0.39, 0.29) is 13.2 Å². The maximum absolute atomic E-state index is 12.0. The van der Waals surface area contributed by atoms with E-state index >= 15 is 0 Å². The molecule has 0 bridgehead atoms. The highest BCUT2D eigenvalue weighted by Crippen LogP contribution is 2.30. The van der Waals surface area contributed by atoms with Crippen LogP contribution in [-0.2, 0) is 47.6 Å². The Kier molecular flexibility index (Phi) is 16.7. The summed E-state index contributed by atoms with van der Waals surface area (Å²) < 4.78 is 33.5. The predicted octanol–water partition coefficient (Wildman–Crippen LogP) is -2.24. The molecule has 0 aliphatic carbocycles. The lowest BCUT2D eigenvalue weighted by molar-refractivity contribution is -0.308. The largest absolute Gasteiger partial charge is 0.463 e. The Morgan fingerprint density at radius 3 is 1.61 bits per heavy atom. The summed E-state index contributed by atoms with van der Waals surface area (Å²) >= 11 is 0. The summed E-state index contributed by atoms with van der Waals surface area (Å²) in [5.41, 5.74) is 0. The van der Waals surface area contributed by atoms with E-state index in [2.05, 4.69) is 26.2 Å². The molecule has 0 amide bonds. The topological polar surface area (TPSA) is 175 Å². The Morgan fingerprint density at radius 2 is 1.12 bits per heavy atom. The van der Waals surface area contributed by atoms with Crippen LogP contribution in [0, 0.1) is 0 Å². The molecule has 0 aromatic carbocycles. The molecule has 15 heteroatoms. The molecule has 0 aromatic rings. The van der Waals surface area contributed by atoms with Gasteiger partial charge in [-0.15, -0.1) is 0 Å². The van der Waals surface area contributed by atoms with Crippen molar-refractivity contribution in [3.05, 3.63) is 0 Å². The van der Waals surface area contributed by atoms with E-state index in [1.54, 1.807) is 0 Å². The maximum Gasteiger partial charge on any atom is 0.303 e. The van der Waals surface area contributed by atoms with Gasteiger partial charge >= 0.3 is 23.9 Å². The van der Waals surface area contributed by atoms with Crippen molar-refractivity contribution in [2.24, 2.45) is 0 Å². The smallest absolute Gasteiger partial charge is 0.303 e. The Balaban J connectivity index is 2.12. The molecule has 0 radical (unpaired) electrons. The molecule has 41 heavy (non-hydrogen) atoms. The molecule has 236 valence electrons. The number of hydrogen-bond donors (Lipinski definition) is 4. The summed E-state index contributed by atoms with van der Waals surface area (Å²) in [5.74, 6) is -2.63. The Hall–Kier alpha value is -2.40. The summed E-state index contributed by atoms with van der Waals surface area (Å²) in [7, 11) is 0. The molecule has 2 aliphatic rings. The fraction of sp³-hybridized carbons (Fsp3) is 0.846. The Labute approximate surface area is 241 Å². The van der Waals surface area contributed by atoms with E-state index in [4.69, 9.17) is 28.4 Å². The molecule has 0 saturated carbocycles. The average molecular weight is 590 g/mol. The van der Waals surface area contributed by atoms with Crippen LogP contribution in [0.5, 0.6) is 0 Å². The zero-order valence-electron chi connectivity index (χ0n) is 24.6. The van der Waals surface area contributed by atoms with Gasteiger partial charge in [0.1, 0.15) is 12.7 Å². The minimum Gasteiger partial charge on any atom is -0.463 e. The minimum absolute atomic E-state index is 0.191. The zero-order valence-corrected chi connectivity index (χ0v) is 24.6. The molecule has 0 aromatic heterocycles. The third-order valence-corrected chi connectivity index (χ3v) is 6.28. The van der Waals surface area contributed by atoms with Crippen molar-refractivity contribution >= 4 is 23.9 Å². The van der Waals surface area contributed by atoms with Crippen LogP contribution in [0.15, 0.2) is 0 Å². The highest BCUT2D eigenvalue weighted by atomic mass is 16.7. The second-order valence-electron chi connectivity index (χ2n) is 9.78. The van der Waals surface area contributed by atoms with Gasteiger partial charge in [0.15, 0.2) is 24.6 Å². The lowest BCUT2D eigenvalue weighted by Crippen LogP contribution is -2.63. The van der Waals surface area contributed by atoms with Crippen molar-refractivity contribution < 1.29 is 47.6 Å². The van der Waals surface area contributed by atoms with Gasteiger partial charge in [-0.2, -0.15) is 0 Å². The van der Waals surface area contributed by atoms with Crippen LogP contribution < -0.4 is 21.3 Å². The SMILES string of the molecule is CC(=O)OC[C@H]1O[C@@H](OCCN2CCNCCNCCNCCNCC2)[C@H](OC(C)=O)[C@@H](OC(C)=O)[C@H]1OC(C)=O. The first-order chi connectivity index (χ1) is 19.7. The number of ether oxygens (including phenoxy) is 6. The Bertz CT molecular complexity index is 804. The van der Waals surface area contributed by atoms with Crippen molar-refractivity contribution in [1.82, 2.24) is 26.2 Å². The second-order valence-corrected chi connectivity index (χ2v) is 9.78. The molecule has 0 unspecified atom stereocenters. The third kappa shape index (κ3) is 14.4. The monoisotopic (exact) mass is 589 g/mol. The van der Waals surface area contributed by atoms with E-state index in [1.807, 2.05) is 0 Å². The molecule has 2 saturated heterocycles. The average Bonchev–Trinajstić information content (AvgIpc) is 2.90. The van der Waals surface area contributed by atoms with Crippen LogP contribution in [0.1, 0.15) is 27.7 Å². The molecule has 2 aliphatic heterocycles. The molecular formula is C26H47N5O10. The van der Waals surface area contributed by atoms with E-state index in [9.17, 15) is 19.2 Å². The number of nitrogens with one attached hydrogen (secondary N) is 4. The first-order valence-electron chi connectivity index (χ1n) is 14.1. The predicted molar refractivity (Wildman–Crippen MR) is 146 cm³/mol. The molecule has 0 spiro atoms. The summed E-state index contributed by atoms with van der Waals surface area (Å²) in [6, 6.07) is 0. The standard InChI is InChI=1S/C26H47N5O10/c1-18(32)37-17-22-23(38-19(2)33)24(39-20(3)34)25(40-21(4)35)26(41-22)36-16-15-31-13-11-29-9-7-27-5-6-28-8-10-30-12-14-31/h22-30H,5-17H2,1-4H3/t22-,23+,24+,25-,26-/m1/s1. The minimum atomic E-state index is -1.26. The van der Waals surface area contributed by atoms with Crippen LogP contribution in [0.25, 0.3) is 0 Å². The van der Waals surface area contributed by atoms with E-state index in [0.717, 1.165) is 65.4 Å². The summed E-state index contributed by atoms with van der Waals surface area (Å²) in [4.78, 5) is 49.6. The number of hydrogen-bond acceptors (Lipinski definition) is 15. The van der Waals surface area contributed by atoms with Gasteiger partial charge in [-0.3, -0.25) is 24.1 Å². The maximum atomic E-state index is 12.0. The van der Waals surface area contributed by atoms with Gasteiger partial charge in [-0.05, 0) is 0 Å². The molecular weight excluding hydrogens is 542 g/mol. The van der Waals surface area contributed by atoms with Crippen LogP contribution in [-0.4, -0.2) is 145 Å². The van der Waals surface area contributed by atoms with E-state index < -0.39 is 54.6 Å². The van der Waals surface area contributed by atoms with Gasteiger partial charge in [-0.1, -0.05) is 0 Å². The first-order valence-corrected chi connectivity index (χ1v) is 14.1.